The number of pyridine rings is 1. The first-order valence-corrected chi connectivity index (χ1v) is 7.79. The van der Waals surface area contributed by atoms with Crippen molar-refractivity contribution < 1.29 is 8.42 Å². The van der Waals surface area contributed by atoms with E-state index >= 15 is 0 Å². The molecule has 17 heavy (non-hydrogen) atoms. The SMILES string of the molecule is CC(Nc1ncccc1S(C)(=O)=O)C1CCC1. The van der Waals surface area contributed by atoms with Crippen LogP contribution in [0.25, 0.3) is 0 Å². The fourth-order valence-corrected chi connectivity index (χ4v) is 2.86. The molecule has 1 aliphatic carbocycles. The molecule has 1 heterocycles. The van der Waals surface area contributed by atoms with Gasteiger partial charge in [-0.3, -0.25) is 0 Å². The van der Waals surface area contributed by atoms with E-state index in [0.717, 1.165) is 0 Å². The molecular weight excluding hydrogens is 236 g/mol. The number of aromatic nitrogens is 1. The molecule has 1 unspecified atom stereocenters. The topological polar surface area (TPSA) is 59.1 Å². The summed E-state index contributed by atoms with van der Waals surface area (Å²) in [4.78, 5) is 4.42. The van der Waals surface area contributed by atoms with Gasteiger partial charge >= 0.3 is 0 Å². The third-order valence-electron chi connectivity index (χ3n) is 3.39. The smallest absolute Gasteiger partial charge is 0.179 e. The van der Waals surface area contributed by atoms with E-state index in [9.17, 15) is 8.42 Å². The van der Waals surface area contributed by atoms with Gasteiger partial charge in [0.15, 0.2) is 9.84 Å². The highest BCUT2D eigenvalue weighted by Crippen LogP contribution is 2.31. The average molecular weight is 254 g/mol. The number of rotatable bonds is 4. The van der Waals surface area contributed by atoms with Crippen LogP contribution in [-0.2, 0) is 9.84 Å². The summed E-state index contributed by atoms with van der Waals surface area (Å²) in [5.74, 6) is 1.12. The van der Waals surface area contributed by atoms with Gasteiger partial charge in [-0.2, -0.15) is 0 Å². The quantitative estimate of drug-likeness (QED) is 0.893. The van der Waals surface area contributed by atoms with E-state index in [-0.39, 0.29) is 10.9 Å². The standard InChI is InChI=1S/C12H18N2O2S/c1-9(10-5-3-6-10)14-12-11(17(2,15)16)7-4-8-13-12/h4,7-10H,3,5-6H2,1-2H3,(H,13,14). The Morgan fingerprint density at radius 2 is 2.18 bits per heavy atom. The lowest BCUT2D eigenvalue weighted by atomic mass is 9.80. The highest BCUT2D eigenvalue weighted by Gasteiger charge is 2.25. The second-order valence-corrected chi connectivity index (χ2v) is 6.73. The molecule has 1 fully saturated rings. The molecule has 0 radical (unpaired) electrons. The first kappa shape index (κ1) is 12.4. The van der Waals surface area contributed by atoms with Gasteiger partial charge in [0.25, 0.3) is 0 Å². The molecule has 5 heteroatoms. The Kier molecular flexibility index (Phi) is 3.38. The van der Waals surface area contributed by atoms with E-state index in [0.29, 0.717) is 11.7 Å². The maximum absolute atomic E-state index is 11.6. The van der Waals surface area contributed by atoms with Gasteiger partial charge in [0.2, 0.25) is 0 Å². The van der Waals surface area contributed by atoms with Crippen molar-refractivity contribution in [2.45, 2.75) is 37.1 Å². The van der Waals surface area contributed by atoms with E-state index in [4.69, 9.17) is 0 Å². The molecule has 0 aromatic carbocycles. The van der Waals surface area contributed by atoms with Crippen molar-refractivity contribution in [1.29, 1.82) is 0 Å². The van der Waals surface area contributed by atoms with Crippen molar-refractivity contribution in [1.82, 2.24) is 4.98 Å². The Balaban J connectivity index is 2.20. The summed E-state index contributed by atoms with van der Waals surface area (Å²) in [6, 6.07) is 3.52. The van der Waals surface area contributed by atoms with Crippen LogP contribution in [0.1, 0.15) is 26.2 Å². The lowest BCUT2D eigenvalue weighted by Crippen LogP contribution is -2.31. The highest BCUT2D eigenvalue weighted by molar-refractivity contribution is 7.90. The summed E-state index contributed by atoms with van der Waals surface area (Å²) in [5, 5.41) is 3.23. The molecule has 0 amide bonds. The predicted molar refractivity (Wildman–Crippen MR) is 67.8 cm³/mol. The molecule has 1 aliphatic rings. The van der Waals surface area contributed by atoms with Crippen molar-refractivity contribution >= 4 is 15.7 Å². The molecule has 2 rings (SSSR count). The van der Waals surface area contributed by atoms with Crippen molar-refractivity contribution in [2.75, 3.05) is 11.6 Å². The van der Waals surface area contributed by atoms with Crippen LogP contribution < -0.4 is 5.32 Å². The summed E-state index contributed by atoms with van der Waals surface area (Å²) in [5.41, 5.74) is 0. The number of nitrogens with one attached hydrogen (secondary N) is 1. The second-order valence-electron chi connectivity index (χ2n) is 4.75. The van der Waals surface area contributed by atoms with E-state index in [1.807, 2.05) is 0 Å². The molecule has 1 aromatic heterocycles. The summed E-state index contributed by atoms with van der Waals surface area (Å²) in [7, 11) is -3.22. The van der Waals surface area contributed by atoms with E-state index in [2.05, 4.69) is 17.2 Å². The van der Waals surface area contributed by atoms with Crippen LogP contribution in [-0.4, -0.2) is 25.7 Å². The first-order chi connectivity index (χ1) is 7.98. The molecule has 94 valence electrons. The van der Waals surface area contributed by atoms with Crippen LogP contribution in [0.4, 0.5) is 5.82 Å². The number of hydrogen-bond donors (Lipinski definition) is 1. The third-order valence-corrected chi connectivity index (χ3v) is 4.52. The zero-order valence-electron chi connectivity index (χ0n) is 10.2. The summed E-state index contributed by atoms with van der Waals surface area (Å²) < 4.78 is 23.2. The average Bonchev–Trinajstić information content (AvgIpc) is 2.13. The predicted octanol–water partition coefficient (Wildman–Crippen LogP) is 2.09. The maximum atomic E-state index is 11.6. The molecule has 0 bridgehead atoms. The molecule has 1 aromatic rings. The Bertz CT molecular complexity index is 495. The summed E-state index contributed by atoms with van der Waals surface area (Å²) >= 11 is 0. The molecular formula is C12H18N2O2S. The third kappa shape index (κ3) is 2.77. The number of sulfone groups is 1. The van der Waals surface area contributed by atoms with Gasteiger partial charge in [-0.25, -0.2) is 13.4 Å². The lowest BCUT2D eigenvalue weighted by molar-refractivity contribution is 0.284. The lowest BCUT2D eigenvalue weighted by Gasteiger charge is -2.32. The van der Waals surface area contributed by atoms with Gasteiger partial charge in [0.05, 0.1) is 0 Å². The van der Waals surface area contributed by atoms with Crippen LogP contribution in [0.5, 0.6) is 0 Å². The summed E-state index contributed by atoms with van der Waals surface area (Å²) in [6.45, 7) is 2.09. The van der Waals surface area contributed by atoms with Gasteiger partial charge in [0.1, 0.15) is 10.7 Å². The largest absolute Gasteiger partial charge is 0.366 e. The van der Waals surface area contributed by atoms with Gasteiger partial charge in [-0.1, -0.05) is 6.42 Å². The molecule has 1 saturated carbocycles. The van der Waals surface area contributed by atoms with Gasteiger partial charge in [-0.15, -0.1) is 0 Å². The molecule has 1 atom stereocenters. The Morgan fingerprint density at radius 1 is 1.47 bits per heavy atom. The van der Waals surface area contributed by atoms with E-state index in [1.165, 1.54) is 25.5 Å². The van der Waals surface area contributed by atoms with E-state index < -0.39 is 9.84 Å². The molecule has 4 nitrogen and oxygen atoms in total. The van der Waals surface area contributed by atoms with Crippen LogP contribution >= 0.6 is 0 Å². The van der Waals surface area contributed by atoms with Gasteiger partial charge in [-0.05, 0) is 37.8 Å². The normalized spacial score (nSPS) is 18.5. The zero-order chi connectivity index (χ0) is 12.5. The molecule has 0 spiro atoms. The Labute approximate surface area is 102 Å². The minimum atomic E-state index is -3.22. The Morgan fingerprint density at radius 3 is 2.71 bits per heavy atom. The van der Waals surface area contributed by atoms with Crippen molar-refractivity contribution in [3.05, 3.63) is 18.3 Å². The Hall–Kier alpha value is -1.10. The maximum Gasteiger partial charge on any atom is 0.179 e. The van der Waals surface area contributed by atoms with Gasteiger partial charge < -0.3 is 5.32 Å². The number of hydrogen-bond acceptors (Lipinski definition) is 4. The van der Waals surface area contributed by atoms with Crippen molar-refractivity contribution in [3.8, 4) is 0 Å². The van der Waals surface area contributed by atoms with Gasteiger partial charge in [0, 0.05) is 18.5 Å². The number of nitrogens with zero attached hydrogens (tertiary/aromatic N) is 1. The fourth-order valence-electron chi connectivity index (χ4n) is 2.07. The molecule has 0 aliphatic heterocycles. The van der Waals surface area contributed by atoms with Crippen LogP contribution in [0, 0.1) is 5.92 Å². The van der Waals surface area contributed by atoms with Crippen molar-refractivity contribution in [2.24, 2.45) is 5.92 Å². The second kappa shape index (κ2) is 4.64. The van der Waals surface area contributed by atoms with Crippen LogP contribution in [0.15, 0.2) is 23.2 Å². The minimum Gasteiger partial charge on any atom is -0.366 e. The number of anilines is 1. The fraction of sp³-hybridized carbons (Fsp3) is 0.583. The molecule has 1 N–H and O–H groups in total. The monoisotopic (exact) mass is 254 g/mol. The summed E-state index contributed by atoms with van der Waals surface area (Å²) in [6.07, 6.45) is 6.54. The van der Waals surface area contributed by atoms with Crippen LogP contribution in [0.3, 0.4) is 0 Å². The van der Waals surface area contributed by atoms with Crippen molar-refractivity contribution in [3.63, 3.8) is 0 Å². The first-order valence-electron chi connectivity index (χ1n) is 5.90. The zero-order valence-corrected chi connectivity index (χ0v) is 11.0. The molecule has 0 saturated heterocycles. The minimum absolute atomic E-state index is 0.277. The van der Waals surface area contributed by atoms with Crippen LogP contribution in [0.2, 0.25) is 0 Å². The highest BCUT2D eigenvalue weighted by atomic mass is 32.2. The van der Waals surface area contributed by atoms with E-state index in [1.54, 1.807) is 18.3 Å².